The third kappa shape index (κ3) is 2.76. The third-order valence-corrected chi connectivity index (χ3v) is 3.48. The van der Waals surface area contributed by atoms with Gasteiger partial charge < -0.3 is 5.32 Å². The van der Waals surface area contributed by atoms with Gasteiger partial charge in [0, 0.05) is 17.7 Å². The van der Waals surface area contributed by atoms with E-state index in [1.54, 1.807) is 18.2 Å². The fourth-order valence-electron chi connectivity index (χ4n) is 2.51. The molecule has 0 unspecified atom stereocenters. The average molecular weight is 293 g/mol. The minimum Gasteiger partial charge on any atom is -0.311 e. The number of hydrogen-bond donors (Lipinski definition) is 1. The van der Waals surface area contributed by atoms with E-state index < -0.39 is 11.9 Å². The second-order valence-corrected chi connectivity index (χ2v) is 5.12. The lowest BCUT2D eigenvalue weighted by atomic mass is 10.0. The SMILES string of the molecule is Cc1cccc(-c2nc3c(c(C(F)(F)F)n2)CCNC3)c1. The van der Waals surface area contributed by atoms with Crippen molar-refractivity contribution in [1.29, 1.82) is 0 Å². The molecule has 110 valence electrons. The van der Waals surface area contributed by atoms with Gasteiger partial charge in [0.15, 0.2) is 11.5 Å². The summed E-state index contributed by atoms with van der Waals surface area (Å²) in [4.78, 5) is 8.13. The summed E-state index contributed by atoms with van der Waals surface area (Å²) in [5.41, 5.74) is 1.43. The maximum atomic E-state index is 13.2. The predicted molar refractivity (Wildman–Crippen MR) is 72.6 cm³/mol. The zero-order valence-corrected chi connectivity index (χ0v) is 11.5. The first-order valence-corrected chi connectivity index (χ1v) is 6.70. The highest BCUT2D eigenvalue weighted by molar-refractivity contribution is 5.57. The number of benzene rings is 1. The first-order valence-electron chi connectivity index (χ1n) is 6.70. The predicted octanol–water partition coefficient (Wildman–Crippen LogP) is 3.12. The highest BCUT2D eigenvalue weighted by Crippen LogP contribution is 2.34. The lowest BCUT2D eigenvalue weighted by Crippen LogP contribution is -2.28. The molecule has 0 radical (unpaired) electrons. The zero-order valence-electron chi connectivity index (χ0n) is 11.5. The van der Waals surface area contributed by atoms with Crippen molar-refractivity contribution < 1.29 is 13.2 Å². The number of hydrogen-bond acceptors (Lipinski definition) is 3. The van der Waals surface area contributed by atoms with Crippen LogP contribution in [0, 0.1) is 6.92 Å². The molecule has 0 spiro atoms. The van der Waals surface area contributed by atoms with E-state index in [2.05, 4.69) is 15.3 Å². The highest BCUT2D eigenvalue weighted by atomic mass is 19.4. The normalized spacial score (nSPS) is 14.9. The average Bonchev–Trinajstić information content (AvgIpc) is 2.45. The van der Waals surface area contributed by atoms with Gasteiger partial charge >= 0.3 is 6.18 Å². The Hall–Kier alpha value is -1.95. The molecule has 1 aromatic heterocycles. The molecule has 3 rings (SSSR count). The van der Waals surface area contributed by atoms with E-state index in [1.165, 1.54) is 0 Å². The Balaban J connectivity index is 2.19. The van der Waals surface area contributed by atoms with Crippen LogP contribution in [-0.4, -0.2) is 16.5 Å². The molecule has 0 saturated heterocycles. The third-order valence-electron chi connectivity index (χ3n) is 3.48. The molecular weight excluding hydrogens is 279 g/mol. The number of aromatic nitrogens is 2. The Morgan fingerprint density at radius 2 is 2.00 bits per heavy atom. The summed E-state index contributed by atoms with van der Waals surface area (Å²) in [5, 5.41) is 3.05. The molecule has 1 aromatic carbocycles. The van der Waals surface area contributed by atoms with Crippen LogP contribution in [0.3, 0.4) is 0 Å². The molecule has 1 N–H and O–H groups in total. The number of aryl methyl sites for hydroxylation is 1. The molecule has 6 heteroatoms. The van der Waals surface area contributed by atoms with Crippen LogP contribution in [0.25, 0.3) is 11.4 Å². The first kappa shape index (κ1) is 14.0. The maximum absolute atomic E-state index is 13.2. The lowest BCUT2D eigenvalue weighted by Gasteiger charge is -2.21. The summed E-state index contributed by atoms with van der Waals surface area (Å²) in [7, 11) is 0. The molecule has 2 aromatic rings. The summed E-state index contributed by atoms with van der Waals surface area (Å²) >= 11 is 0. The van der Waals surface area contributed by atoms with Crippen molar-refractivity contribution in [1.82, 2.24) is 15.3 Å². The molecule has 3 nitrogen and oxygen atoms in total. The van der Waals surface area contributed by atoms with Crippen LogP contribution in [0.15, 0.2) is 24.3 Å². The summed E-state index contributed by atoms with van der Waals surface area (Å²) < 4.78 is 39.7. The minimum atomic E-state index is -4.46. The molecule has 2 heterocycles. The van der Waals surface area contributed by atoms with Crippen LogP contribution in [-0.2, 0) is 19.1 Å². The number of nitrogens with zero attached hydrogens (tertiary/aromatic N) is 2. The first-order chi connectivity index (χ1) is 9.95. The minimum absolute atomic E-state index is 0.133. The van der Waals surface area contributed by atoms with E-state index in [1.807, 2.05) is 13.0 Å². The quantitative estimate of drug-likeness (QED) is 0.878. The second-order valence-electron chi connectivity index (χ2n) is 5.12. The number of rotatable bonds is 1. The number of alkyl halides is 3. The van der Waals surface area contributed by atoms with Crippen LogP contribution in [0.1, 0.15) is 22.5 Å². The largest absolute Gasteiger partial charge is 0.433 e. The number of halogens is 3. The Morgan fingerprint density at radius 1 is 1.19 bits per heavy atom. The van der Waals surface area contributed by atoms with E-state index in [4.69, 9.17) is 0 Å². The molecule has 0 saturated carbocycles. The molecule has 1 aliphatic heterocycles. The monoisotopic (exact) mass is 293 g/mol. The van der Waals surface area contributed by atoms with Crippen molar-refractivity contribution in [2.45, 2.75) is 26.1 Å². The summed E-state index contributed by atoms with van der Waals surface area (Å²) in [6.07, 6.45) is -4.15. The lowest BCUT2D eigenvalue weighted by molar-refractivity contribution is -0.142. The van der Waals surface area contributed by atoms with Crippen molar-refractivity contribution in [2.24, 2.45) is 0 Å². The van der Waals surface area contributed by atoms with Crippen molar-refractivity contribution in [3.05, 3.63) is 46.8 Å². The molecule has 0 fully saturated rings. The van der Waals surface area contributed by atoms with Crippen LogP contribution >= 0.6 is 0 Å². The number of fused-ring (bicyclic) bond motifs is 1. The van der Waals surface area contributed by atoms with Crippen molar-refractivity contribution in [3.8, 4) is 11.4 Å². The van der Waals surface area contributed by atoms with Gasteiger partial charge in [-0.05, 0) is 26.0 Å². The van der Waals surface area contributed by atoms with Gasteiger partial charge in [0.1, 0.15) is 0 Å². The Kier molecular flexibility index (Phi) is 3.41. The van der Waals surface area contributed by atoms with Crippen LogP contribution < -0.4 is 5.32 Å². The molecule has 1 aliphatic rings. The van der Waals surface area contributed by atoms with E-state index in [9.17, 15) is 13.2 Å². The summed E-state index contributed by atoms with van der Waals surface area (Å²) in [6, 6.07) is 7.19. The van der Waals surface area contributed by atoms with Crippen LogP contribution in [0.4, 0.5) is 13.2 Å². The highest BCUT2D eigenvalue weighted by Gasteiger charge is 2.38. The van der Waals surface area contributed by atoms with Crippen molar-refractivity contribution in [3.63, 3.8) is 0 Å². The maximum Gasteiger partial charge on any atom is 0.433 e. The van der Waals surface area contributed by atoms with Gasteiger partial charge in [-0.25, -0.2) is 9.97 Å². The summed E-state index contributed by atoms with van der Waals surface area (Å²) in [6.45, 7) is 2.75. The van der Waals surface area contributed by atoms with Gasteiger partial charge in [0.2, 0.25) is 0 Å². The van der Waals surface area contributed by atoms with E-state index in [-0.39, 0.29) is 11.4 Å². The second kappa shape index (κ2) is 5.11. The van der Waals surface area contributed by atoms with Crippen molar-refractivity contribution >= 4 is 0 Å². The molecule has 21 heavy (non-hydrogen) atoms. The van der Waals surface area contributed by atoms with Gasteiger partial charge in [0.05, 0.1) is 5.69 Å². The Labute approximate surface area is 120 Å². The standard InChI is InChI=1S/C15H14F3N3/c1-9-3-2-4-10(7-9)14-20-12-8-19-6-5-11(12)13(21-14)15(16,17)18/h2-4,7,19H,5-6,8H2,1H3. The van der Waals surface area contributed by atoms with Crippen molar-refractivity contribution in [2.75, 3.05) is 6.54 Å². The van der Waals surface area contributed by atoms with Gasteiger partial charge in [-0.3, -0.25) is 0 Å². The molecular formula is C15H14F3N3. The molecule has 0 aliphatic carbocycles. The van der Waals surface area contributed by atoms with Gasteiger partial charge in [-0.15, -0.1) is 0 Å². The molecule has 0 amide bonds. The smallest absolute Gasteiger partial charge is 0.311 e. The van der Waals surface area contributed by atoms with Gasteiger partial charge in [0.25, 0.3) is 0 Å². The molecule has 0 bridgehead atoms. The molecule has 0 atom stereocenters. The summed E-state index contributed by atoms with van der Waals surface area (Å²) in [5.74, 6) is 0.133. The topological polar surface area (TPSA) is 37.8 Å². The zero-order chi connectivity index (χ0) is 15.0. The number of nitrogens with one attached hydrogen (secondary N) is 1. The fourth-order valence-corrected chi connectivity index (χ4v) is 2.51. The van der Waals surface area contributed by atoms with Crippen LogP contribution in [0.2, 0.25) is 0 Å². The van der Waals surface area contributed by atoms with Gasteiger partial charge in [-0.2, -0.15) is 13.2 Å². The van der Waals surface area contributed by atoms with E-state index >= 15 is 0 Å². The Bertz CT molecular complexity index is 680. The van der Waals surface area contributed by atoms with E-state index in [0.29, 0.717) is 30.8 Å². The Morgan fingerprint density at radius 3 is 2.71 bits per heavy atom. The van der Waals surface area contributed by atoms with E-state index in [0.717, 1.165) is 5.56 Å². The fraction of sp³-hybridized carbons (Fsp3) is 0.333. The van der Waals surface area contributed by atoms with Gasteiger partial charge in [-0.1, -0.05) is 23.8 Å². The van der Waals surface area contributed by atoms with Crippen LogP contribution in [0.5, 0.6) is 0 Å².